The van der Waals surface area contributed by atoms with Gasteiger partial charge in [0.05, 0.1) is 6.07 Å². The molecule has 0 spiro atoms. The molecule has 1 N–H and O–H groups in total. The Morgan fingerprint density at radius 2 is 2.00 bits per heavy atom. The molecular weight excluding hydrogens is 184 g/mol. The van der Waals surface area contributed by atoms with E-state index in [1.165, 1.54) is 0 Å². The number of hydrogen-bond acceptors (Lipinski definition) is 2. The molecule has 1 aromatic rings. The fourth-order valence-electron chi connectivity index (χ4n) is 0.968. The van der Waals surface area contributed by atoms with Gasteiger partial charge in [0, 0.05) is 23.7 Å². The lowest BCUT2D eigenvalue weighted by molar-refractivity contribution is 0.897. The summed E-state index contributed by atoms with van der Waals surface area (Å²) < 4.78 is 0. The normalized spacial score (nSPS) is 9.23. The van der Waals surface area contributed by atoms with Crippen LogP contribution >= 0.6 is 11.6 Å². The molecule has 0 amide bonds. The Hall–Kier alpha value is -1.20. The van der Waals surface area contributed by atoms with Gasteiger partial charge in [-0.1, -0.05) is 11.6 Å². The van der Waals surface area contributed by atoms with Crippen molar-refractivity contribution in [2.24, 2.45) is 0 Å². The van der Waals surface area contributed by atoms with Gasteiger partial charge >= 0.3 is 0 Å². The van der Waals surface area contributed by atoms with E-state index in [4.69, 9.17) is 16.9 Å². The predicted molar refractivity (Wildman–Crippen MR) is 54.8 cm³/mol. The van der Waals surface area contributed by atoms with Gasteiger partial charge in [-0.05, 0) is 30.7 Å². The Morgan fingerprint density at radius 1 is 1.31 bits per heavy atom. The van der Waals surface area contributed by atoms with Crippen molar-refractivity contribution in [1.29, 1.82) is 5.26 Å². The second-order valence-electron chi connectivity index (χ2n) is 2.70. The Morgan fingerprint density at radius 3 is 2.62 bits per heavy atom. The Balaban J connectivity index is 2.30. The molecule has 0 aliphatic carbocycles. The summed E-state index contributed by atoms with van der Waals surface area (Å²) in [5, 5.41) is 12.2. The summed E-state index contributed by atoms with van der Waals surface area (Å²) in [6, 6.07) is 9.64. The van der Waals surface area contributed by atoms with Crippen LogP contribution in [-0.2, 0) is 0 Å². The van der Waals surface area contributed by atoms with Gasteiger partial charge in [-0.3, -0.25) is 0 Å². The minimum Gasteiger partial charge on any atom is -0.385 e. The quantitative estimate of drug-likeness (QED) is 0.748. The molecule has 0 saturated carbocycles. The van der Waals surface area contributed by atoms with Crippen LogP contribution in [0.15, 0.2) is 24.3 Å². The SMILES string of the molecule is N#CCCCNc1ccc(Cl)cc1. The number of hydrogen-bond donors (Lipinski definition) is 1. The second-order valence-corrected chi connectivity index (χ2v) is 3.13. The van der Waals surface area contributed by atoms with E-state index in [0.29, 0.717) is 6.42 Å². The Bertz CT molecular complexity index is 287. The largest absolute Gasteiger partial charge is 0.385 e. The summed E-state index contributed by atoms with van der Waals surface area (Å²) in [6.45, 7) is 0.829. The van der Waals surface area contributed by atoms with Gasteiger partial charge in [0.2, 0.25) is 0 Å². The lowest BCUT2D eigenvalue weighted by atomic mass is 10.3. The van der Waals surface area contributed by atoms with E-state index in [2.05, 4.69) is 11.4 Å². The van der Waals surface area contributed by atoms with Crippen LogP contribution in [0, 0.1) is 11.3 Å². The Labute approximate surface area is 83.1 Å². The van der Waals surface area contributed by atoms with Crippen LogP contribution in [0.5, 0.6) is 0 Å². The molecule has 13 heavy (non-hydrogen) atoms. The number of halogens is 1. The van der Waals surface area contributed by atoms with Crippen molar-refractivity contribution in [2.45, 2.75) is 12.8 Å². The number of nitriles is 1. The first-order chi connectivity index (χ1) is 6.33. The summed E-state index contributed by atoms with van der Waals surface area (Å²) >= 11 is 5.72. The molecule has 0 radical (unpaired) electrons. The van der Waals surface area contributed by atoms with Crippen LogP contribution in [0.25, 0.3) is 0 Å². The smallest absolute Gasteiger partial charge is 0.0622 e. The zero-order chi connectivity index (χ0) is 9.52. The third kappa shape index (κ3) is 3.82. The summed E-state index contributed by atoms with van der Waals surface area (Å²) in [5.41, 5.74) is 1.04. The summed E-state index contributed by atoms with van der Waals surface area (Å²) in [6.07, 6.45) is 1.47. The number of benzene rings is 1. The van der Waals surface area contributed by atoms with Gasteiger partial charge in [-0.15, -0.1) is 0 Å². The maximum absolute atomic E-state index is 8.30. The molecule has 0 atom stereocenters. The van der Waals surface area contributed by atoms with Crippen molar-refractivity contribution in [2.75, 3.05) is 11.9 Å². The fourth-order valence-corrected chi connectivity index (χ4v) is 1.09. The second kappa shape index (κ2) is 5.45. The van der Waals surface area contributed by atoms with E-state index >= 15 is 0 Å². The number of anilines is 1. The molecule has 1 aromatic carbocycles. The number of nitrogens with zero attached hydrogens (tertiary/aromatic N) is 1. The summed E-state index contributed by atoms with van der Waals surface area (Å²) in [7, 11) is 0. The van der Waals surface area contributed by atoms with Crippen molar-refractivity contribution >= 4 is 17.3 Å². The number of rotatable bonds is 4. The average Bonchev–Trinajstić information content (AvgIpc) is 2.15. The van der Waals surface area contributed by atoms with Crippen molar-refractivity contribution in [1.82, 2.24) is 0 Å². The zero-order valence-corrected chi connectivity index (χ0v) is 8.01. The zero-order valence-electron chi connectivity index (χ0n) is 7.26. The van der Waals surface area contributed by atoms with Crippen LogP contribution in [0.4, 0.5) is 5.69 Å². The first kappa shape index (κ1) is 9.88. The molecule has 68 valence electrons. The van der Waals surface area contributed by atoms with E-state index in [1.807, 2.05) is 24.3 Å². The predicted octanol–water partition coefficient (Wildman–Crippen LogP) is 3.06. The van der Waals surface area contributed by atoms with Crippen molar-refractivity contribution in [3.63, 3.8) is 0 Å². The molecule has 0 aromatic heterocycles. The monoisotopic (exact) mass is 194 g/mol. The van der Waals surface area contributed by atoms with Crippen molar-refractivity contribution < 1.29 is 0 Å². The molecule has 0 aliphatic rings. The van der Waals surface area contributed by atoms with Gasteiger partial charge in [-0.25, -0.2) is 0 Å². The highest BCUT2D eigenvalue weighted by molar-refractivity contribution is 6.30. The molecule has 3 heteroatoms. The summed E-state index contributed by atoms with van der Waals surface area (Å²) in [4.78, 5) is 0. The molecule has 0 heterocycles. The maximum Gasteiger partial charge on any atom is 0.0622 e. The molecule has 0 saturated heterocycles. The topological polar surface area (TPSA) is 35.8 Å². The van der Waals surface area contributed by atoms with E-state index in [1.54, 1.807) is 0 Å². The van der Waals surface area contributed by atoms with Gasteiger partial charge in [0.15, 0.2) is 0 Å². The van der Waals surface area contributed by atoms with E-state index in [-0.39, 0.29) is 0 Å². The molecule has 0 aliphatic heterocycles. The van der Waals surface area contributed by atoms with E-state index < -0.39 is 0 Å². The van der Waals surface area contributed by atoms with E-state index in [0.717, 1.165) is 23.7 Å². The number of unbranched alkanes of at least 4 members (excludes halogenated alkanes) is 1. The molecular formula is C10H11ClN2. The van der Waals surface area contributed by atoms with Crippen molar-refractivity contribution in [3.05, 3.63) is 29.3 Å². The van der Waals surface area contributed by atoms with Crippen LogP contribution in [0.2, 0.25) is 5.02 Å². The van der Waals surface area contributed by atoms with Gasteiger partial charge < -0.3 is 5.32 Å². The molecule has 0 bridgehead atoms. The third-order valence-corrected chi connectivity index (χ3v) is 1.89. The van der Waals surface area contributed by atoms with Crippen LogP contribution in [0.1, 0.15) is 12.8 Å². The molecule has 0 unspecified atom stereocenters. The van der Waals surface area contributed by atoms with Crippen LogP contribution in [-0.4, -0.2) is 6.54 Å². The van der Waals surface area contributed by atoms with Crippen LogP contribution in [0.3, 0.4) is 0 Å². The van der Waals surface area contributed by atoms with E-state index in [9.17, 15) is 0 Å². The highest BCUT2D eigenvalue weighted by Gasteiger charge is 1.91. The number of nitrogens with one attached hydrogen (secondary N) is 1. The lowest BCUT2D eigenvalue weighted by Gasteiger charge is -2.03. The summed E-state index contributed by atoms with van der Waals surface area (Å²) in [5.74, 6) is 0. The van der Waals surface area contributed by atoms with Crippen molar-refractivity contribution in [3.8, 4) is 6.07 Å². The average molecular weight is 195 g/mol. The Kier molecular flexibility index (Phi) is 4.14. The fraction of sp³-hybridized carbons (Fsp3) is 0.300. The molecule has 1 rings (SSSR count). The third-order valence-electron chi connectivity index (χ3n) is 1.64. The lowest BCUT2D eigenvalue weighted by Crippen LogP contribution is -2.00. The van der Waals surface area contributed by atoms with Gasteiger partial charge in [0.1, 0.15) is 0 Å². The highest BCUT2D eigenvalue weighted by atomic mass is 35.5. The minimum absolute atomic E-state index is 0.598. The van der Waals surface area contributed by atoms with Gasteiger partial charge in [-0.2, -0.15) is 5.26 Å². The minimum atomic E-state index is 0.598. The highest BCUT2D eigenvalue weighted by Crippen LogP contribution is 2.13. The van der Waals surface area contributed by atoms with Gasteiger partial charge in [0.25, 0.3) is 0 Å². The van der Waals surface area contributed by atoms with Crippen LogP contribution < -0.4 is 5.32 Å². The molecule has 0 fully saturated rings. The standard InChI is InChI=1S/C10H11ClN2/c11-9-3-5-10(6-4-9)13-8-2-1-7-12/h3-6,13H,1-2,8H2. The maximum atomic E-state index is 8.30. The first-order valence-corrected chi connectivity index (χ1v) is 4.57. The molecule has 2 nitrogen and oxygen atoms in total. The first-order valence-electron chi connectivity index (χ1n) is 4.19.